The van der Waals surface area contributed by atoms with Crippen molar-refractivity contribution in [2.45, 2.75) is 6.42 Å². The van der Waals surface area contributed by atoms with E-state index >= 15 is 0 Å². The summed E-state index contributed by atoms with van der Waals surface area (Å²) in [5, 5.41) is 26.5. The smallest absolute Gasteiger partial charge is 0.372 e. The van der Waals surface area contributed by atoms with Gasteiger partial charge in [-0.2, -0.15) is 5.26 Å². The summed E-state index contributed by atoms with van der Waals surface area (Å²) in [6, 6.07) is 5.73. The third-order valence-electron chi connectivity index (χ3n) is 2.64. The van der Waals surface area contributed by atoms with E-state index in [4.69, 9.17) is 19.9 Å². The Morgan fingerprint density at radius 1 is 1.30 bits per heavy atom. The second-order valence-corrected chi connectivity index (χ2v) is 3.94. The number of nitrogens with zero attached hydrogens (tertiary/aromatic N) is 1. The van der Waals surface area contributed by atoms with E-state index in [1.54, 1.807) is 0 Å². The van der Waals surface area contributed by atoms with Gasteiger partial charge >= 0.3 is 11.9 Å². The highest BCUT2D eigenvalue weighted by molar-refractivity contribution is 5.91. The zero-order valence-electron chi connectivity index (χ0n) is 9.91. The molecule has 1 heterocycles. The molecule has 0 bridgehead atoms. The number of hydrogen-bond donors (Lipinski definition) is 2. The van der Waals surface area contributed by atoms with Crippen LogP contribution in [0, 0.1) is 11.3 Å². The molecular weight excluding hydrogens is 266 g/mol. The molecule has 1 aromatic heterocycles. The van der Waals surface area contributed by atoms with Crippen molar-refractivity contribution in [3.63, 3.8) is 0 Å². The lowest BCUT2D eigenvalue weighted by molar-refractivity contribution is -0.136. The number of carboxylic acid groups (broad SMARTS) is 2. The van der Waals surface area contributed by atoms with E-state index in [0.717, 1.165) is 0 Å². The molecule has 0 spiro atoms. The summed E-state index contributed by atoms with van der Waals surface area (Å²) < 4.78 is 5.06. The predicted molar refractivity (Wildman–Crippen MR) is 65.5 cm³/mol. The van der Waals surface area contributed by atoms with Crippen LogP contribution >= 0.6 is 0 Å². The van der Waals surface area contributed by atoms with Crippen LogP contribution in [-0.4, -0.2) is 22.2 Å². The molecule has 2 rings (SSSR count). The number of aromatic carboxylic acids is 1. The monoisotopic (exact) mass is 273 g/mol. The number of carboxylic acids is 2. The average molecular weight is 273 g/mol. The summed E-state index contributed by atoms with van der Waals surface area (Å²) in [5.74, 6) is -3.60. The first kappa shape index (κ1) is 13.3. The molecule has 20 heavy (non-hydrogen) atoms. The second-order valence-electron chi connectivity index (χ2n) is 3.94. The normalized spacial score (nSPS) is 10.2. The van der Waals surface area contributed by atoms with Crippen LogP contribution in [0.15, 0.2) is 27.4 Å². The van der Waals surface area contributed by atoms with Crippen LogP contribution in [-0.2, 0) is 11.2 Å². The molecule has 100 valence electrons. The maximum atomic E-state index is 12.1. The molecule has 0 aliphatic carbocycles. The Balaban J connectivity index is 2.85. The van der Waals surface area contributed by atoms with Crippen molar-refractivity contribution in [2.24, 2.45) is 0 Å². The van der Waals surface area contributed by atoms with Crippen molar-refractivity contribution < 1.29 is 24.2 Å². The van der Waals surface area contributed by atoms with Crippen molar-refractivity contribution in [1.82, 2.24) is 0 Å². The molecule has 0 fully saturated rings. The lowest BCUT2D eigenvalue weighted by Crippen LogP contribution is -2.19. The highest BCUT2D eigenvalue weighted by Gasteiger charge is 2.21. The van der Waals surface area contributed by atoms with E-state index in [1.165, 1.54) is 18.2 Å². The number of hydrogen-bond acceptors (Lipinski definition) is 5. The topological polar surface area (TPSA) is 129 Å². The summed E-state index contributed by atoms with van der Waals surface area (Å²) in [5.41, 5.74) is -1.03. The third-order valence-corrected chi connectivity index (χ3v) is 2.64. The van der Waals surface area contributed by atoms with Crippen LogP contribution in [0.25, 0.3) is 11.0 Å². The molecule has 0 unspecified atom stereocenters. The quantitative estimate of drug-likeness (QED) is 0.852. The highest BCUT2D eigenvalue weighted by Crippen LogP contribution is 2.18. The van der Waals surface area contributed by atoms with E-state index < -0.39 is 35.1 Å². The van der Waals surface area contributed by atoms with Gasteiger partial charge in [0.1, 0.15) is 5.58 Å². The fourth-order valence-electron chi connectivity index (χ4n) is 1.79. The maximum absolute atomic E-state index is 12.1. The van der Waals surface area contributed by atoms with E-state index in [0.29, 0.717) is 0 Å². The number of carbonyl (C=O) groups is 2. The van der Waals surface area contributed by atoms with Crippen LogP contribution in [0.4, 0.5) is 0 Å². The molecule has 7 heteroatoms. The lowest BCUT2D eigenvalue weighted by Gasteiger charge is -2.05. The maximum Gasteiger partial charge on any atom is 0.372 e. The standard InChI is InChI=1S/C13H7NO6/c14-5-6-1-2-7-9(3-6)20-12(13(18)19)8(11(7)17)4-10(15)16/h1-3H,4H2,(H,15,16)(H,18,19). The van der Waals surface area contributed by atoms with Crippen LogP contribution < -0.4 is 5.43 Å². The minimum absolute atomic E-state index is 0.0326. The van der Waals surface area contributed by atoms with Gasteiger partial charge in [-0.1, -0.05) is 0 Å². The molecular formula is C13H7NO6. The van der Waals surface area contributed by atoms with Gasteiger partial charge in [0.05, 0.1) is 29.0 Å². The lowest BCUT2D eigenvalue weighted by atomic mass is 10.1. The van der Waals surface area contributed by atoms with Gasteiger partial charge in [-0.05, 0) is 18.2 Å². The molecule has 0 saturated heterocycles. The number of fused-ring (bicyclic) bond motifs is 1. The van der Waals surface area contributed by atoms with Gasteiger partial charge in [0.2, 0.25) is 5.76 Å². The minimum Gasteiger partial charge on any atom is -0.481 e. The van der Waals surface area contributed by atoms with Crippen molar-refractivity contribution >= 4 is 22.9 Å². The zero-order chi connectivity index (χ0) is 14.9. The van der Waals surface area contributed by atoms with Crippen molar-refractivity contribution in [3.05, 3.63) is 45.3 Å². The Bertz CT molecular complexity index is 827. The van der Waals surface area contributed by atoms with Crippen molar-refractivity contribution in [1.29, 1.82) is 5.26 Å². The van der Waals surface area contributed by atoms with E-state index in [1.807, 2.05) is 6.07 Å². The van der Waals surface area contributed by atoms with Gasteiger partial charge in [-0.15, -0.1) is 0 Å². The van der Waals surface area contributed by atoms with Gasteiger partial charge in [0.25, 0.3) is 0 Å². The van der Waals surface area contributed by atoms with Crippen LogP contribution in [0.1, 0.15) is 21.7 Å². The Labute approximate surface area is 111 Å². The van der Waals surface area contributed by atoms with Crippen molar-refractivity contribution in [2.75, 3.05) is 0 Å². The van der Waals surface area contributed by atoms with Crippen molar-refractivity contribution in [3.8, 4) is 6.07 Å². The summed E-state index contributed by atoms with van der Waals surface area (Å²) in [4.78, 5) is 33.9. The molecule has 7 nitrogen and oxygen atoms in total. The van der Waals surface area contributed by atoms with Crippen LogP contribution in [0.5, 0.6) is 0 Å². The first-order chi connectivity index (χ1) is 9.43. The fraction of sp³-hybridized carbons (Fsp3) is 0.0769. The molecule has 2 aromatic rings. The largest absolute Gasteiger partial charge is 0.481 e. The number of aliphatic carboxylic acids is 1. The second kappa shape index (κ2) is 4.85. The molecule has 2 N–H and O–H groups in total. The molecule has 0 aliphatic heterocycles. The van der Waals surface area contributed by atoms with E-state index in [2.05, 4.69) is 0 Å². The molecule has 0 saturated carbocycles. The van der Waals surface area contributed by atoms with Gasteiger partial charge in [0, 0.05) is 0 Å². The predicted octanol–water partition coefficient (Wildman–Crippen LogP) is 0.990. The highest BCUT2D eigenvalue weighted by atomic mass is 16.4. The van der Waals surface area contributed by atoms with Crippen LogP contribution in [0.3, 0.4) is 0 Å². The molecule has 0 radical (unpaired) electrons. The van der Waals surface area contributed by atoms with Gasteiger partial charge < -0.3 is 14.6 Å². The third kappa shape index (κ3) is 2.22. The number of nitriles is 1. The SMILES string of the molecule is N#Cc1ccc2c(=O)c(CC(=O)O)c(C(=O)O)oc2c1. The van der Waals surface area contributed by atoms with Gasteiger partial charge in [0.15, 0.2) is 5.43 Å². The first-order valence-electron chi connectivity index (χ1n) is 5.39. The van der Waals surface area contributed by atoms with Gasteiger partial charge in [-0.3, -0.25) is 9.59 Å². The first-order valence-corrected chi connectivity index (χ1v) is 5.39. The van der Waals surface area contributed by atoms with Crippen LogP contribution in [0.2, 0.25) is 0 Å². The minimum atomic E-state index is -1.54. The summed E-state index contributed by atoms with van der Waals surface area (Å²) in [6.45, 7) is 0. The Kier molecular flexibility index (Phi) is 3.23. The summed E-state index contributed by atoms with van der Waals surface area (Å²) >= 11 is 0. The Hall–Kier alpha value is -3.14. The van der Waals surface area contributed by atoms with E-state index in [9.17, 15) is 14.4 Å². The summed E-state index contributed by atoms with van der Waals surface area (Å²) in [6.07, 6.45) is -0.750. The molecule has 0 aliphatic rings. The van der Waals surface area contributed by atoms with E-state index in [-0.39, 0.29) is 16.5 Å². The number of rotatable bonds is 3. The Morgan fingerprint density at radius 2 is 2.00 bits per heavy atom. The molecule has 1 aromatic carbocycles. The fourth-order valence-corrected chi connectivity index (χ4v) is 1.79. The average Bonchev–Trinajstić information content (AvgIpc) is 2.40. The Morgan fingerprint density at radius 3 is 2.55 bits per heavy atom. The summed E-state index contributed by atoms with van der Waals surface area (Å²) in [7, 11) is 0. The van der Waals surface area contributed by atoms with Gasteiger partial charge in [-0.25, -0.2) is 4.79 Å². The number of benzene rings is 1. The zero-order valence-corrected chi connectivity index (χ0v) is 9.91. The molecule has 0 amide bonds. The molecule has 0 atom stereocenters.